The second-order valence-electron chi connectivity index (χ2n) is 5.85. The minimum absolute atomic E-state index is 0.391. The molecule has 0 bridgehead atoms. The quantitative estimate of drug-likeness (QED) is 0.870. The van der Waals surface area contributed by atoms with Crippen LogP contribution in [0.25, 0.3) is 0 Å². The molecule has 1 N–H and O–H groups in total. The molecule has 4 heteroatoms. The fourth-order valence-electron chi connectivity index (χ4n) is 3.62. The third-order valence-corrected chi connectivity index (χ3v) is 6.32. The van der Waals surface area contributed by atoms with Crippen LogP contribution in [-0.4, -0.2) is 18.8 Å². The Balaban J connectivity index is 1.62. The van der Waals surface area contributed by atoms with E-state index in [1.54, 1.807) is 11.3 Å². The molecule has 2 aliphatic carbocycles. The van der Waals surface area contributed by atoms with Crippen molar-refractivity contribution in [2.45, 2.75) is 57.7 Å². The third-order valence-electron chi connectivity index (χ3n) is 4.91. The lowest BCUT2D eigenvalue weighted by atomic mass is 9.51. The molecule has 0 radical (unpaired) electrons. The van der Waals surface area contributed by atoms with Crippen LogP contribution >= 0.6 is 22.9 Å². The molecule has 2 aliphatic rings. The summed E-state index contributed by atoms with van der Waals surface area (Å²) >= 11 is 7.70. The number of rotatable bonds is 5. The third kappa shape index (κ3) is 2.35. The van der Waals surface area contributed by atoms with Crippen LogP contribution in [0.4, 0.5) is 0 Å². The zero-order valence-corrected chi connectivity index (χ0v) is 13.2. The standard InChI is InChI=1S/C15H22ClNOS/c1-3-18-13-9-12(15(13)7-4-8-15)17-10(2)11-5-6-14(16)19-11/h5-6,10,12-13,17H,3-4,7-9H2,1-2H3. The van der Waals surface area contributed by atoms with Crippen LogP contribution in [0.3, 0.4) is 0 Å². The number of thiophene rings is 1. The zero-order valence-electron chi connectivity index (χ0n) is 11.6. The molecule has 1 spiro atoms. The Labute approximate surface area is 124 Å². The predicted molar refractivity (Wildman–Crippen MR) is 81.0 cm³/mol. The minimum Gasteiger partial charge on any atom is -0.378 e. The maximum Gasteiger partial charge on any atom is 0.0931 e. The van der Waals surface area contributed by atoms with Crippen LogP contribution in [0.5, 0.6) is 0 Å². The Morgan fingerprint density at radius 3 is 2.84 bits per heavy atom. The van der Waals surface area contributed by atoms with Crippen molar-refractivity contribution in [1.82, 2.24) is 5.32 Å². The lowest BCUT2D eigenvalue weighted by Gasteiger charge is -2.61. The van der Waals surface area contributed by atoms with Gasteiger partial charge in [0.15, 0.2) is 0 Å². The summed E-state index contributed by atoms with van der Waals surface area (Å²) in [5, 5.41) is 3.80. The van der Waals surface area contributed by atoms with Crippen LogP contribution in [-0.2, 0) is 4.74 Å². The van der Waals surface area contributed by atoms with Crippen LogP contribution in [0.2, 0.25) is 4.34 Å². The molecule has 3 unspecified atom stereocenters. The van der Waals surface area contributed by atoms with Gasteiger partial charge in [0.2, 0.25) is 0 Å². The van der Waals surface area contributed by atoms with E-state index in [1.807, 2.05) is 6.07 Å². The Bertz CT molecular complexity index is 443. The first-order valence-electron chi connectivity index (χ1n) is 7.28. The van der Waals surface area contributed by atoms with Crippen molar-refractivity contribution in [2.75, 3.05) is 6.61 Å². The maximum absolute atomic E-state index is 6.02. The summed E-state index contributed by atoms with van der Waals surface area (Å²) in [6, 6.07) is 5.13. The Morgan fingerprint density at radius 1 is 1.53 bits per heavy atom. The molecule has 3 atom stereocenters. The van der Waals surface area contributed by atoms with Crippen molar-refractivity contribution in [1.29, 1.82) is 0 Å². The summed E-state index contributed by atoms with van der Waals surface area (Å²) < 4.78 is 6.78. The average Bonchev–Trinajstić information content (AvgIpc) is 2.72. The van der Waals surface area contributed by atoms with Gasteiger partial charge in [0.25, 0.3) is 0 Å². The number of hydrogen-bond acceptors (Lipinski definition) is 3. The van der Waals surface area contributed by atoms with Gasteiger partial charge in [-0.25, -0.2) is 0 Å². The highest BCUT2D eigenvalue weighted by molar-refractivity contribution is 7.16. The first kappa shape index (κ1) is 13.9. The number of hydrogen-bond donors (Lipinski definition) is 1. The van der Waals surface area contributed by atoms with Gasteiger partial charge in [-0.3, -0.25) is 0 Å². The van der Waals surface area contributed by atoms with Crippen molar-refractivity contribution in [3.63, 3.8) is 0 Å². The van der Waals surface area contributed by atoms with Crippen molar-refractivity contribution < 1.29 is 4.74 Å². The van der Waals surface area contributed by atoms with Crippen LogP contribution in [0, 0.1) is 5.41 Å². The normalized spacial score (nSPS) is 29.8. The molecule has 1 aromatic heterocycles. The van der Waals surface area contributed by atoms with Gasteiger partial charge in [-0.1, -0.05) is 18.0 Å². The van der Waals surface area contributed by atoms with E-state index in [9.17, 15) is 0 Å². The van der Waals surface area contributed by atoms with Crippen molar-refractivity contribution >= 4 is 22.9 Å². The second kappa shape index (κ2) is 5.36. The predicted octanol–water partition coefficient (Wildman–Crippen LogP) is 4.40. The highest BCUT2D eigenvalue weighted by Crippen LogP contribution is 2.57. The number of halogens is 1. The largest absolute Gasteiger partial charge is 0.378 e. The zero-order chi connectivity index (χ0) is 13.5. The fraction of sp³-hybridized carbons (Fsp3) is 0.733. The summed E-state index contributed by atoms with van der Waals surface area (Å²) in [7, 11) is 0. The van der Waals surface area contributed by atoms with E-state index in [1.165, 1.54) is 24.1 Å². The molecular weight excluding hydrogens is 278 g/mol. The molecule has 1 heterocycles. The molecule has 0 aliphatic heterocycles. The summed E-state index contributed by atoms with van der Waals surface area (Å²) in [5.41, 5.74) is 0.436. The van der Waals surface area contributed by atoms with Gasteiger partial charge in [0.05, 0.1) is 10.4 Å². The highest BCUT2D eigenvalue weighted by Gasteiger charge is 2.58. The van der Waals surface area contributed by atoms with Gasteiger partial charge in [-0.2, -0.15) is 0 Å². The molecule has 0 aromatic carbocycles. The number of ether oxygens (including phenoxy) is 1. The van der Waals surface area contributed by atoms with E-state index in [2.05, 4.69) is 25.2 Å². The molecule has 0 amide bonds. The molecule has 0 saturated heterocycles. The molecule has 3 rings (SSSR count). The smallest absolute Gasteiger partial charge is 0.0931 e. The van der Waals surface area contributed by atoms with E-state index >= 15 is 0 Å². The van der Waals surface area contributed by atoms with E-state index in [-0.39, 0.29) is 0 Å². The first-order valence-corrected chi connectivity index (χ1v) is 8.48. The fourth-order valence-corrected chi connectivity index (χ4v) is 4.69. The topological polar surface area (TPSA) is 21.3 Å². The maximum atomic E-state index is 6.02. The summed E-state index contributed by atoms with van der Waals surface area (Å²) in [6.45, 7) is 5.18. The first-order chi connectivity index (χ1) is 9.15. The summed E-state index contributed by atoms with van der Waals surface area (Å²) in [4.78, 5) is 1.33. The van der Waals surface area contributed by atoms with E-state index in [0.717, 1.165) is 17.4 Å². The Hall–Kier alpha value is -0.0900. The minimum atomic E-state index is 0.391. The van der Waals surface area contributed by atoms with Gasteiger partial charge in [0, 0.05) is 29.0 Å². The lowest BCUT2D eigenvalue weighted by molar-refractivity contribution is -0.174. The molecule has 106 valence electrons. The molecule has 19 heavy (non-hydrogen) atoms. The van der Waals surface area contributed by atoms with Crippen molar-refractivity contribution in [3.05, 3.63) is 21.3 Å². The van der Waals surface area contributed by atoms with E-state index < -0.39 is 0 Å². The second-order valence-corrected chi connectivity index (χ2v) is 7.60. The van der Waals surface area contributed by atoms with Gasteiger partial charge >= 0.3 is 0 Å². The van der Waals surface area contributed by atoms with Crippen molar-refractivity contribution in [3.8, 4) is 0 Å². The van der Waals surface area contributed by atoms with Crippen LogP contribution in [0.15, 0.2) is 12.1 Å². The average molecular weight is 300 g/mol. The van der Waals surface area contributed by atoms with E-state index in [0.29, 0.717) is 23.6 Å². The number of nitrogens with one attached hydrogen (secondary N) is 1. The lowest BCUT2D eigenvalue weighted by Crippen LogP contribution is -2.67. The monoisotopic (exact) mass is 299 g/mol. The van der Waals surface area contributed by atoms with Crippen molar-refractivity contribution in [2.24, 2.45) is 5.41 Å². The van der Waals surface area contributed by atoms with Gasteiger partial charge in [0.1, 0.15) is 0 Å². The summed E-state index contributed by atoms with van der Waals surface area (Å²) in [6.07, 6.45) is 5.67. The molecular formula is C15H22ClNOS. The van der Waals surface area contributed by atoms with Crippen LogP contribution < -0.4 is 5.32 Å². The van der Waals surface area contributed by atoms with Crippen LogP contribution in [0.1, 0.15) is 50.4 Å². The van der Waals surface area contributed by atoms with Gasteiger partial charge in [-0.05, 0) is 45.2 Å². The van der Waals surface area contributed by atoms with E-state index in [4.69, 9.17) is 16.3 Å². The highest BCUT2D eigenvalue weighted by atomic mass is 35.5. The Morgan fingerprint density at radius 2 is 2.32 bits per heavy atom. The molecule has 2 nitrogen and oxygen atoms in total. The summed E-state index contributed by atoms with van der Waals surface area (Å²) in [5.74, 6) is 0. The van der Waals surface area contributed by atoms with Gasteiger partial charge in [-0.15, -0.1) is 11.3 Å². The van der Waals surface area contributed by atoms with Gasteiger partial charge < -0.3 is 10.1 Å². The molecule has 2 saturated carbocycles. The molecule has 2 fully saturated rings. The Kier molecular flexibility index (Phi) is 3.91. The SMILES string of the molecule is CCOC1CC(NC(C)c2ccc(Cl)s2)C12CCC2. The molecule has 1 aromatic rings.